The van der Waals surface area contributed by atoms with Gasteiger partial charge in [-0.3, -0.25) is 0 Å². The Morgan fingerprint density at radius 3 is 2.76 bits per heavy atom. The third kappa shape index (κ3) is 2.81. The third-order valence-corrected chi connectivity index (χ3v) is 2.33. The Morgan fingerprint density at radius 1 is 1.24 bits per heavy atom. The van der Waals surface area contributed by atoms with E-state index < -0.39 is 6.09 Å². The van der Waals surface area contributed by atoms with Crippen LogP contribution >= 0.6 is 0 Å². The van der Waals surface area contributed by atoms with Crippen LogP contribution in [0.3, 0.4) is 0 Å². The first-order valence-electron chi connectivity index (χ1n) is 5.15. The molecule has 0 aliphatic heterocycles. The number of ether oxygens (including phenoxy) is 1. The molecule has 4 heteroatoms. The van der Waals surface area contributed by atoms with E-state index in [1.165, 1.54) is 12.5 Å². The Labute approximate surface area is 98.9 Å². The zero-order chi connectivity index (χ0) is 12.1. The molecule has 0 aromatic heterocycles. The van der Waals surface area contributed by atoms with Crippen molar-refractivity contribution < 1.29 is 9.53 Å². The lowest BCUT2D eigenvalue weighted by Gasteiger charge is -1.99. The molecule has 0 aliphatic rings. The van der Waals surface area contributed by atoms with E-state index in [4.69, 9.17) is 0 Å². The number of hydrogen-bond donors (Lipinski definition) is 1. The highest BCUT2D eigenvalue weighted by atomic mass is 16.5. The van der Waals surface area contributed by atoms with Gasteiger partial charge in [-0.2, -0.15) is 5.10 Å². The van der Waals surface area contributed by atoms with Gasteiger partial charge in [-0.15, -0.1) is 0 Å². The largest absolute Gasteiger partial charge is 0.452 e. The van der Waals surface area contributed by atoms with Gasteiger partial charge in [0.1, 0.15) is 0 Å². The van der Waals surface area contributed by atoms with Crippen molar-refractivity contribution in [3.63, 3.8) is 0 Å². The molecule has 2 aromatic rings. The molecule has 0 heterocycles. The van der Waals surface area contributed by atoms with Crippen LogP contribution in [0.1, 0.15) is 5.56 Å². The van der Waals surface area contributed by atoms with Crippen molar-refractivity contribution in [2.24, 2.45) is 5.10 Å². The maximum absolute atomic E-state index is 10.8. The Balaban J connectivity index is 2.16. The van der Waals surface area contributed by atoms with Gasteiger partial charge in [0.05, 0.1) is 13.3 Å². The average molecular weight is 228 g/mol. The zero-order valence-corrected chi connectivity index (χ0v) is 9.38. The van der Waals surface area contributed by atoms with E-state index in [0.717, 1.165) is 10.9 Å². The van der Waals surface area contributed by atoms with Gasteiger partial charge in [-0.25, -0.2) is 10.2 Å². The lowest BCUT2D eigenvalue weighted by molar-refractivity contribution is 0.171. The predicted octanol–water partition coefficient (Wildman–Crippen LogP) is 2.53. The van der Waals surface area contributed by atoms with Gasteiger partial charge in [-0.05, 0) is 22.4 Å². The summed E-state index contributed by atoms with van der Waals surface area (Å²) in [6, 6.07) is 14.0. The Kier molecular flexibility index (Phi) is 3.35. The van der Waals surface area contributed by atoms with Crippen LogP contribution in [0.2, 0.25) is 0 Å². The number of hydrazone groups is 1. The van der Waals surface area contributed by atoms with Gasteiger partial charge < -0.3 is 4.74 Å². The average Bonchev–Trinajstić information content (AvgIpc) is 2.38. The summed E-state index contributed by atoms with van der Waals surface area (Å²) in [4.78, 5) is 10.8. The monoisotopic (exact) mass is 228 g/mol. The summed E-state index contributed by atoms with van der Waals surface area (Å²) >= 11 is 0. The van der Waals surface area contributed by atoms with Gasteiger partial charge in [0.25, 0.3) is 0 Å². The van der Waals surface area contributed by atoms with Crippen LogP contribution in [-0.2, 0) is 4.74 Å². The van der Waals surface area contributed by atoms with Crippen molar-refractivity contribution in [3.8, 4) is 0 Å². The summed E-state index contributed by atoms with van der Waals surface area (Å²) in [5, 5.41) is 6.08. The molecular weight excluding hydrogens is 216 g/mol. The summed E-state index contributed by atoms with van der Waals surface area (Å²) in [6.07, 6.45) is 0.991. The van der Waals surface area contributed by atoms with E-state index in [-0.39, 0.29) is 0 Å². The number of carbonyl (C=O) groups excluding carboxylic acids is 1. The predicted molar refractivity (Wildman–Crippen MR) is 67.1 cm³/mol. The van der Waals surface area contributed by atoms with E-state index in [1.807, 2.05) is 42.5 Å². The van der Waals surface area contributed by atoms with Crippen molar-refractivity contribution in [2.75, 3.05) is 7.11 Å². The first kappa shape index (κ1) is 11.1. The van der Waals surface area contributed by atoms with E-state index in [1.54, 1.807) is 6.21 Å². The number of fused-ring (bicyclic) bond motifs is 1. The minimum atomic E-state index is -0.581. The molecule has 2 aromatic carbocycles. The standard InChI is InChI=1S/C13H12N2O2/c1-17-13(16)15-14-9-10-6-7-11-4-2-3-5-12(11)8-10/h2-9H,1H3,(H,15,16)/b14-9-. The summed E-state index contributed by atoms with van der Waals surface area (Å²) in [5.74, 6) is 0. The summed E-state index contributed by atoms with van der Waals surface area (Å²) < 4.78 is 4.39. The SMILES string of the molecule is COC(=O)N/N=C\c1ccc2ccccc2c1. The minimum Gasteiger partial charge on any atom is -0.452 e. The van der Waals surface area contributed by atoms with Crippen LogP contribution in [0.4, 0.5) is 4.79 Å². The van der Waals surface area contributed by atoms with Gasteiger partial charge in [0.2, 0.25) is 0 Å². The van der Waals surface area contributed by atoms with Gasteiger partial charge in [0.15, 0.2) is 0 Å². The quantitative estimate of drug-likeness (QED) is 0.634. The van der Waals surface area contributed by atoms with Crippen LogP contribution in [0.5, 0.6) is 0 Å². The highest BCUT2D eigenvalue weighted by Gasteiger charge is 1.95. The molecule has 0 aliphatic carbocycles. The minimum absolute atomic E-state index is 0.581. The highest BCUT2D eigenvalue weighted by molar-refractivity contribution is 5.90. The molecular formula is C13H12N2O2. The highest BCUT2D eigenvalue weighted by Crippen LogP contribution is 2.14. The van der Waals surface area contributed by atoms with Crippen LogP contribution in [0, 0.1) is 0 Å². The molecule has 2 rings (SSSR count). The first-order chi connectivity index (χ1) is 8.29. The Morgan fingerprint density at radius 2 is 2.00 bits per heavy atom. The van der Waals surface area contributed by atoms with Gasteiger partial charge in [-0.1, -0.05) is 36.4 Å². The van der Waals surface area contributed by atoms with Crippen LogP contribution < -0.4 is 5.43 Å². The molecule has 0 bridgehead atoms. The molecule has 4 nitrogen and oxygen atoms in total. The van der Waals surface area contributed by atoms with E-state index in [0.29, 0.717) is 0 Å². The van der Waals surface area contributed by atoms with Crippen molar-refractivity contribution in [2.45, 2.75) is 0 Å². The fraction of sp³-hybridized carbons (Fsp3) is 0.0769. The van der Waals surface area contributed by atoms with E-state index in [9.17, 15) is 4.79 Å². The van der Waals surface area contributed by atoms with Crippen molar-refractivity contribution >= 4 is 23.1 Å². The summed E-state index contributed by atoms with van der Waals surface area (Å²) in [5.41, 5.74) is 3.15. The molecule has 17 heavy (non-hydrogen) atoms. The van der Waals surface area contributed by atoms with Crippen molar-refractivity contribution in [3.05, 3.63) is 48.0 Å². The van der Waals surface area contributed by atoms with E-state index in [2.05, 4.69) is 15.3 Å². The number of methoxy groups -OCH3 is 1. The number of amides is 1. The van der Waals surface area contributed by atoms with Gasteiger partial charge in [0, 0.05) is 0 Å². The second-order valence-electron chi connectivity index (χ2n) is 3.47. The Bertz CT molecular complexity index is 564. The smallest absolute Gasteiger partial charge is 0.427 e. The second kappa shape index (κ2) is 5.12. The molecule has 1 N–H and O–H groups in total. The number of benzene rings is 2. The fourth-order valence-electron chi connectivity index (χ4n) is 1.49. The molecule has 0 fully saturated rings. The summed E-state index contributed by atoms with van der Waals surface area (Å²) in [6.45, 7) is 0. The lowest BCUT2D eigenvalue weighted by Crippen LogP contribution is -2.16. The third-order valence-electron chi connectivity index (χ3n) is 2.33. The topological polar surface area (TPSA) is 50.7 Å². The number of rotatable bonds is 2. The first-order valence-corrected chi connectivity index (χ1v) is 5.15. The van der Waals surface area contributed by atoms with Crippen LogP contribution in [-0.4, -0.2) is 19.4 Å². The van der Waals surface area contributed by atoms with Gasteiger partial charge >= 0.3 is 6.09 Å². The van der Waals surface area contributed by atoms with E-state index >= 15 is 0 Å². The number of nitrogens with zero attached hydrogens (tertiary/aromatic N) is 1. The molecule has 0 radical (unpaired) electrons. The number of hydrogen-bond acceptors (Lipinski definition) is 3. The van der Waals surface area contributed by atoms with Crippen molar-refractivity contribution in [1.29, 1.82) is 0 Å². The fourth-order valence-corrected chi connectivity index (χ4v) is 1.49. The molecule has 86 valence electrons. The molecule has 0 atom stereocenters. The number of carbonyl (C=O) groups is 1. The maximum Gasteiger partial charge on any atom is 0.427 e. The molecule has 1 amide bonds. The van der Waals surface area contributed by atoms with Crippen LogP contribution in [0.25, 0.3) is 10.8 Å². The number of nitrogens with one attached hydrogen (secondary N) is 1. The zero-order valence-electron chi connectivity index (χ0n) is 9.38. The van der Waals surface area contributed by atoms with Crippen molar-refractivity contribution in [1.82, 2.24) is 5.43 Å². The normalized spacial score (nSPS) is 10.6. The Hall–Kier alpha value is -2.36. The lowest BCUT2D eigenvalue weighted by atomic mass is 10.1. The summed E-state index contributed by atoms with van der Waals surface area (Å²) in [7, 11) is 1.29. The molecule has 0 unspecified atom stereocenters. The molecule has 0 saturated carbocycles. The molecule has 0 spiro atoms. The maximum atomic E-state index is 10.8. The molecule has 0 saturated heterocycles. The van der Waals surface area contributed by atoms with Crippen LogP contribution in [0.15, 0.2) is 47.6 Å². The second-order valence-corrected chi connectivity index (χ2v) is 3.47.